The number of hydrogen-bond donors (Lipinski definition) is 0. The summed E-state index contributed by atoms with van der Waals surface area (Å²) in [5.74, 6) is 0.733. The lowest BCUT2D eigenvalue weighted by molar-refractivity contribution is 0.419. The first kappa shape index (κ1) is 11.8. The molecule has 2 aromatic carbocycles. The maximum atomic E-state index is 6.44. The molecule has 0 bridgehead atoms. The van der Waals surface area contributed by atoms with Gasteiger partial charge in [-0.25, -0.2) is 4.98 Å². The van der Waals surface area contributed by atoms with Crippen molar-refractivity contribution >= 4 is 49.3 Å². The zero-order chi connectivity index (χ0) is 12.7. The number of hydrogen-bond acceptors (Lipinski definition) is 2. The molecule has 0 fully saturated rings. The lowest BCUT2D eigenvalue weighted by Crippen LogP contribution is -1.90. The predicted molar refractivity (Wildman–Crippen MR) is 78.5 cm³/mol. The number of para-hydroxylation sites is 1. The highest BCUT2D eigenvalue weighted by Gasteiger charge is 2.10. The van der Waals surface area contributed by atoms with Crippen molar-refractivity contribution in [2.75, 3.05) is 7.11 Å². The summed E-state index contributed by atoms with van der Waals surface area (Å²) in [6.45, 7) is 0. The van der Waals surface area contributed by atoms with Crippen LogP contribution in [0.1, 0.15) is 0 Å². The molecule has 3 rings (SSSR count). The quantitative estimate of drug-likeness (QED) is 0.600. The molecule has 0 amide bonds. The van der Waals surface area contributed by atoms with Crippen LogP contribution in [0, 0.1) is 0 Å². The number of nitrogens with zero attached hydrogens (tertiary/aromatic N) is 1. The maximum absolute atomic E-state index is 6.44. The molecular weight excluding hydrogens is 314 g/mol. The molecule has 0 saturated carbocycles. The second kappa shape index (κ2) is 4.41. The van der Waals surface area contributed by atoms with Crippen molar-refractivity contribution < 1.29 is 4.74 Å². The average Bonchev–Trinajstić information content (AvgIpc) is 2.38. The molecule has 3 aromatic rings. The summed E-state index contributed by atoms with van der Waals surface area (Å²) in [6.07, 6.45) is 0. The minimum atomic E-state index is 0.710. The zero-order valence-electron chi connectivity index (χ0n) is 9.58. The fourth-order valence-corrected chi connectivity index (χ4v) is 2.69. The van der Waals surface area contributed by atoms with Crippen molar-refractivity contribution in [3.63, 3.8) is 0 Å². The molecule has 0 radical (unpaired) electrons. The molecule has 90 valence electrons. The van der Waals surface area contributed by atoms with E-state index >= 15 is 0 Å². The summed E-state index contributed by atoms with van der Waals surface area (Å²) < 4.78 is 6.31. The Morgan fingerprint density at radius 1 is 1.17 bits per heavy atom. The Bertz CT molecular complexity index is 757. The van der Waals surface area contributed by atoms with Gasteiger partial charge in [0.1, 0.15) is 11.3 Å². The lowest BCUT2D eigenvalue weighted by atomic mass is 10.1. The Kier molecular flexibility index (Phi) is 2.88. The molecule has 0 unspecified atom stereocenters. The minimum absolute atomic E-state index is 0.710. The smallest absolute Gasteiger partial charge is 0.145 e. The van der Waals surface area contributed by atoms with Crippen LogP contribution in [-0.2, 0) is 0 Å². The van der Waals surface area contributed by atoms with Gasteiger partial charge in [-0.1, -0.05) is 45.7 Å². The van der Waals surface area contributed by atoms with Crippen LogP contribution in [0.15, 0.2) is 40.9 Å². The molecule has 0 aliphatic carbocycles. The van der Waals surface area contributed by atoms with Crippen LogP contribution in [0.4, 0.5) is 0 Å². The highest BCUT2D eigenvalue weighted by atomic mass is 79.9. The van der Waals surface area contributed by atoms with Crippen molar-refractivity contribution in [2.24, 2.45) is 0 Å². The van der Waals surface area contributed by atoms with Crippen molar-refractivity contribution in [1.82, 2.24) is 4.98 Å². The van der Waals surface area contributed by atoms with Gasteiger partial charge in [0.25, 0.3) is 0 Å². The molecule has 1 heterocycles. The summed E-state index contributed by atoms with van der Waals surface area (Å²) in [4.78, 5) is 4.63. The van der Waals surface area contributed by atoms with Gasteiger partial charge in [0.05, 0.1) is 17.6 Å². The third-order valence-electron chi connectivity index (χ3n) is 2.88. The Morgan fingerprint density at radius 2 is 2.00 bits per heavy atom. The number of benzene rings is 2. The van der Waals surface area contributed by atoms with Gasteiger partial charge >= 0.3 is 0 Å². The van der Waals surface area contributed by atoms with Gasteiger partial charge in [-0.2, -0.15) is 0 Å². The van der Waals surface area contributed by atoms with E-state index in [4.69, 9.17) is 16.3 Å². The van der Waals surface area contributed by atoms with Crippen LogP contribution in [-0.4, -0.2) is 12.1 Å². The largest absolute Gasteiger partial charge is 0.494 e. The van der Waals surface area contributed by atoms with Gasteiger partial charge in [0, 0.05) is 15.2 Å². The summed E-state index contributed by atoms with van der Waals surface area (Å²) >= 11 is 9.89. The fourth-order valence-electron chi connectivity index (χ4n) is 2.03. The van der Waals surface area contributed by atoms with Crippen molar-refractivity contribution in [3.8, 4) is 5.75 Å². The van der Waals surface area contributed by atoms with Gasteiger partial charge in [0.2, 0.25) is 0 Å². The molecule has 2 nitrogen and oxygen atoms in total. The van der Waals surface area contributed by atoms with Crippen LogP contribution in [0.25, 0.3) is 21.8 Å². The number of rotatable bonds is 1. The molecule has 0 N–H and O–H groups in total. The van der Waals surface area contributed by atoms with Gasteiger partial charge in [-0.05, 0) is 18.2 Å². The Balaban J connectivity index is 2.52. The highest BCUT2D eigenvalue weighted by Crippen LogP contribution is 2.35. The molecule has 0 aliphatic rings. The van der Waals surface area contributed by atoms with Gasteiger partial charge < -0.3 is 4.74 Å². The van der Waals surface area contributed by atoms with E-state index in [-0.39, 0.29) is 0 Å². The van der Waals surface area contributed by atoms with E-state index in [2.05, 4.69) is 20.9 Å². The third kappa shape index (κ3) is 1.74. The molecule has 4 heteroatoms. The number of aromatic nitrogens is 1. The second-order valence-corrected chi connectivity index (χ2v) is 5.24. The minimum Gasteiger partial charge on any atom is -0.494 e. The second-order valence-electron chi connectivity index (χ2n) is 3.94. The van der Waals surface area contributed by atoms with Crippen LogP contribution < -0.4 is 4.74 Å². The number of halogens is 2. The Hall–Kier alpha value is -1.32. The maximum Gasteiger partial charge on any atom is 0.145 e. The predicted octanol–water partition coefficient (Wildman–Crippen LogP) is 4.81. The Labute approximate surface area is 118 Å². The number of pyridine rings is 1. The summed E-state index contributed by atoms with van der Waals surface area (Å²) in [5.41, 5.74) is 1.64. The average molecular weight is 323 g/mol. The molecule has 18 heavy (non-hydrogen) atoms. The Morgan fingerprint density at radius 3 is 2.78 bits per heavy atom. The third-order valence-corrected chi connectivity index (χ3v) is 3.78. The van der Waals surface area contributed by atoms with Crippen molar-refractivity contribution in [2.45, 2.75) is 0 Å². The van der Waals surface area contributed by atoms with E-state index in [1.54, 1.807) is 7.11 Å². The van der Waals surface area contributed by atoms with E-state index in [1.165, 1.54) is 0 Å². The summed E-state index contributed by atoms with van der Waals surface area (Å²) in [5, 5.41) is 2.56. The molecule has 0 atom stereocenters. The standard InChI is InChI=1S/C14H9BrClNO/c1-18-12-4-2-3-10-13(16)9-6-5-8(15)7-11(9)17-14(10)12/h2-7H,1H3. The van der Waals surface area contributed by atoms with Crippen LogP contribution in [0.5, 0.6) is 5.75 Å². The van der Waals surface area contributed by atoms with E-state index in [9.17, 15) is 0 Å². The van der Waals surface area contributed by atoms with Gasteiger partial charge in [-0.3, -0.25) is 0 Å². The monoisotopic (exact) mass is 321 g/mol. The van der Waals surface area contributed by atoms with E-state index in [1.807, 2.05) is 36.4 Å². The number of ether oxygens (including phenoxy) is 1. The molecular formula is C14H9BrClNO. The highest BCUT2D eigenvalue weighted by molar-refractivity contribution is 9.10. The molecule has 1 aromatic heterocycles. The van der Waals surface area contributed by atoms with E-state index < -0.39 is 0 Å². The first-order valence-corrected chi connectivity index (χ1v) is 6.59. The van der Waals surface area contributed by atoms with Crippen molar-refractivity contribution in [1.29, 1.82) is 0 Å². The van der Waals surface area contributed by atoms with Crippen molar-refractivity contribution in [3.05, 3.63) is 45.9 Å². The van der Waals surface area contributed by atoms with E-state index in [0.29, 0.717) is 5.02 Å². The van der Waals surface area contributed by atoms with Crippen LogP contribution in [0.2, 0.25) is 5.02 Å². The lowest BCUT2D eigenvalue weighted by Gasteiger charge is -2.08. The summed E-state index contributed by atoms with van der Waals surface area (Å²) in [6, 6.07) is 11.6. The van der Waals surface area contributed by atoms with E-state index in [0.717, 1.165) is 32.0 Å². The fraction of sp³-hybridized carbons (Fsp3) is 0.0714. The zero-order valence-corrected chi connectivity index (χ0v) is 11.9. The van der Waals surface area contributed by atoms with Gasteiger partial charge in [-0.15, -0.1) is 0 Å². The van der Waals surface area contributed by atoms with Crippen LogP contribution >= 0.6 is 27.5 Å². The topological polar surface area (TPSA) is 22.1 Å². The number of fused-ring (bicyclic) bond motifs is 2. The molecule has 0 spiro atoms. The molecule has 0 saturated heterocycles. The summed E-state index contributed by atoms with van der Waals surface area (Å²) in [7, 11) is 1.63. The first-order chi connectivity index (χ1) is 8.70. The van der Waals surface area contributed by atoms with Crippen LogP contribution in [0.3, 0.4) is 0 Å². The molecule has 0 aliphatic heterocycles. The first-order valence-electron chi connectivity index (χ1n) is 5.42. The number of methoxy groups -OCH3 is 1. The normalized spacial score (nSPS) is 11.1. The SMILES string of the molecule is COc1cccc2c(Cl)c3ccc(Br)cc3nc12. The van der Waals surface area contributed by atoms with Gasteiger partial charge in [0.15, 0.2) is 0 Å².